The third kappa shape index (κ3) is 5.62. The topological polar surface area (TPSA) is 12.5 Å². The van der Waals surface area contributed by atoms with E-state index in [1.807, 2.05) is 0 Å². The lowest BCUT2D eigenvalue weighted by Crippen LogP contribution is -2.10. The van der Waals surface area contributed by atoms with Gasteiger partial charge in [-0.05, 0) is 80.6 Å². The molecule has 0 atom stereocenters. The van der Waals surface area contributed by atoms with E-state index in [9.17, 15) is 0 Å². The molecule has 0 aromatic heterocycles. The second-order valence-corrected chi connectivity index (χ2v) is 13.7. The highest BCUT2D eigenvalue weighted by atomic mass is 16.5. The lowest BCUT2D eigenvalue weighted by molar-refractivity contribution is 0.489. The monoisotopic (exact) mass is 689 g/mol. The van der Waals surface area contributed by atoms with Crippen molar-refractivity contribution in [1.29, 1.82) is 0 Å². The maximum absolute atomic E-state index is 7.21. The molecule has 0 unspecified atom stereocenters. The number of benzene rings is 9. The Balaban J connectivity index is 1.16. The van der Waals surface area contributed by atoms with Gasteiger partial charge in [-0.2, -0.15) is 0 Å². The van der Waals surface area contributed by atoms with Crippen LogP contribution in [0.15, 0.2) is 212 Å². The van der Waals surface area contributed by atoms with E-state index in [0.29, 0.717) is 0 Å². The largest absolute Gasteiger partial charge is 0.455 e. The van der Waals surface area contributed by atoms with Gasteiger partial charge < -0.3 is 9.64 Å². The third-order valence-electron chi connectivity index (χ3n) is 10.5. The van der Waals surface area contributed by atoms with Crippen LogP contribution in [0.2, 0.25) is 0 Å². The lowest BCUT2D eigenvalue weighted by atomic mass is 9.88. The van der Waals surface area contributed by atoms with Crippen LogP contribution in [0, 0.1) is 0 Å². The van der Waals surface area contributed by atoms with Gasteiger partial charge in [0.05, 0.1) is 0 Å². The molecule has 2 heteroatoms. The SMILES string of the molecule is c1ccc(-c2ccc(N(c3ccc(-c4ccccc4)cc3)c3ccc4c(c3)Oc3c(-c5ccccc5)cccc3-c3c-4ccc4ccccc34)cc2)cc1. The molecule has 10 rings (SSSR count). The molecule has 0 saturated heterocycles. The summed E-state index contributed by atoms with van der Waals surface area (Å²) in [5.41, 5.74) is 14.6. The molecule has 0 radical (unpaired) electrons. The Kier molecular flexibility index (Phi) is 7.85. The first kappa shape index (κ1) is 31.6. The van der Waals surface area contributed by atoms with Crippen LogP contribution in [0.1, 0.15) is 0 Å². The van der Waals surface area contributed by atoms with E-state index in [-0.39, 0.29) is 0 Å². The Labute approximate surface area is 315 Å². The molecule has 1 aliphatic heterocycles. The van der Waals surface area contributed by atoms with Gasteiger partial charge in [-0.25, -0.2) is 0 Å². The summed E-state index contributed by atoms with van der Waals surface area (Å²) in [6.45, 7) is 0. The first-order chi connectivity index (χ1) is 26.8. The van der Waals surface area contributed by atoms with Gasteiger partial charge in [-0.1, -0.05) is 170 Å². The summed E-state index contributed by atoms with van der Waals surface area (Å²) in [6, 6.07) is 75.6. The van der Waals surface area contributed by atoms with Gasteiger partial charge in [0.15, 0.2) is 0 Å². The van der Waals surface area contributed by atoms with Crippen molar-refractivity contribution in [2.75, 3.05) is 4.90 Å². The van der Waals surface area contributed by atoms with E-state index >= 15 is 0 Å². The van der Waals surface area contributed by atoms with Crippen LogP contribution in [0.25, 0.3) is 66.4 Å². The van der Waals surface area contributed by atoms with Crippen molar-refractivity contribution in [3.63, 3.8) is 0 Å². The van der Waals surface area contributed by atoms with Crippen molar-refractivity contribution in [2.45, 2.75) is 0 Å². The first-order valence-corrected chi connectivity index (χ1v) is 18.4. The van der Waals surface area contributed by atoms with Gasteiger partial charge in [0.1, 0.15) is 11.5 Å². The summed E-state index contributed by atoms with van der Waals surface area (Å²) in [5, 5.41) is 2.41. The first-order valence-electron chi connectivity index (χ1n) is 18.4. The summed E-state index contributed by atoms with van der Waals surface area (Å²) in [4.78, 5) is 2.32. The van der Waals surface area contributed by atoms with E-state index in [4.69, 9.17) is 4.74 Å². The van der Waals surface area contributed by atoms with Crippen molar-refractivity contribution in [3.05, 3.63) is 212 Å². The van der Waals surface area contributed by atoms with Crippen LogP contribution in [0.3, 0.4) is 0 Å². The Bertz CT molecular complexity index is 2670. The number of anilines is 3. The van der Waals surface area contributed by atoms with E-state index in [2.05, 4.69) is 217 Å². The van der Waals surface area contributed by atoms with Crippen LogP contribution in [-0.2, 0) is 0 Å². The van der Waals surface area contributed by atoms with Crippen molar-refractivity contribution in [2.24, 2.45) is 0 Å². The molecule has 0 fully saturated rings. The minimum absolute atomic E-state index is 0.818. The normalized spacial score (nSPS) is 11.5. The molecule has 1 heterocycles. The zero-order valence-corrected chi connectivity index (χ0v) is 29.6. The molecule has 9 aromatic rings. The minimum atomic E-state index is 0.818. The maximum Gasteiger partial charge on any atom is 0.143 e. The van der Waals surface area contributed by atoms with Gasteiger partial charge in [-0.15, -0.1) is 0 Å². The highest BCUT2D eigenvalue weighted by Crippen LogP contribution is 2.53. The van der Waals surface area contributed by atoms with Crippen LogP contribution >= 0.6 is 0 Å². The van der Waals surface area contributed by atoms with E-state index in [1.165, 1.54) is 38.6 Å². The molecule has 0 saturated carbocycles. The smallest absolute Gasteiger partial charge is 0.143 e. The number of rotatable bonds is 6. The molecule has 0 bridgehead atoms. The predicted molar refractivity (Wildman–Crippen MR) is 226 cm³/mol. The summed E-state index contributed by atoms with van der Waals surface area (Å²) < 4.78 is 7.21. The number of nitrogens with zero attached hydrogens (tertiary/aromatic N) is 1. The van der Waals surface area contributed by atoms with E-state index < -0.39 is 0 Å². The fraction of sp³-hybridized carbons (Fsp3) is 0. The zero-order valence-electron chi connectivity index (χ0n) is 29.6. The molecule has 54 heavy (non-hydrogen) atoms. The number of hydrogen-bond acceptors (Lipinski definition) is 2. The van der Waals surface area contributed by atoms with Crippen molar-refractivity contribution < 1.29 is 4.74 Å². The van der Waals surface area contributed by atoms with Crippen LogP contribution in [-0.4, -0.2) is 0 Å². The van der Waals surface area contributed by atoms with Crippen LogP contribution in [0.4, 0.5) is 17.1 Å². The average Bonchev–Trinajstić information content (AvgIpc) is 3.39. The van der Waals surface area contributed by atoms with E-state index in [0.717, 1.165) is 56.4 Å². The van der Waals surface area contributed by atoms with E-state index in [1.54, 1.807) is 0 Å². The molecular weight excluding hydrogens is 655 g/mol. The molecule has 9 aromatic carbocycles. The van der Waals surface area contributed by atoms with Crippen LogP contribution in [0.5, 0.6) is 11.5 Å². The van der Waals surface area contributed by atoms with Gasteiger partial charge >= 0.3 is 0 Å². The second kappa shape index (κ2) is 13.4. The standard InChI is InChI=1S/C52H35NO/c1-4-13-36(14-5-1)38-23-28-42(29-24-38)53(43-30-25-39(26-31-43)37-15-6-2-7-16-37)44-32-34-47-48-33-27-41-19-10-11-20-45(41)51(48)49-22-12-21-46(40-17-8-3-9-18-40)52(49)54-50(47)35-44/h1-35H. The quantitative estimate of drug-likeness (QED) is 0.172. The fourth-order valence-electron chi connectivity index (χ4n) is 7.86. The number of para-hydroxylation sites is 1. The Morgan fingerprint density at radius 1 is 0.315 bits per heavy atom. The van der Waals surface area contributed by atoms with Gasteiger partial charge in [-0.3, -0.25) is 0 Å². The minimum Gasteiger partial charge on any atom is -0.455 e. The molecule has 2 nitrogen and oxygen atoms in total. The molecule has 0 N–H and O–H groups in total. The Hall–Kier alpha value is -7.16. The molecule has 1 aliphatic rings. The molecule has 0 spiro atoms. The van der Waals surface area contributed by atoms with Crippen molar-refractivity contribution >= 4 is 27.8 Å². The van der Waals surface area contributed by atoms with Gasteiger partial charge in [0, 0.05) is 45.4 Å². The summed E-state index contributed by atoms with van der Waals surface area (Å²) in [5.74, 6) is 1.68. The van der Waals surface area contributed by atoms with Crippen molar-refractivity contribution in [3.8, 4) is 67.1 Å². The fourth-order valence-corrected chi connectivity index (χ4v) is 7.86. The molecular formula is C52H35NO. The summed E-state index contributed by atoms with van der Waals surface area (Å²) in [6.07, 6.45) is 0. The lowest BCUT2D eigenvalue weighted by Gasteiger charge is -2.27. The number of ether oxygens (including phenoxy) is 1. The number of fused-ring (bicyclic) bond motifs is 7. The summed E-state index contributed by atoms with van der Waals surface area (Å²) in [7, 11) is 0. The second-order valence-electron chi connectivity index (χ2n) is 13.7. The van der Waals surface area contributed by atoms with Crippen LogP contribution < -0.4 is 9.64 Å². The highest BCUT2D eigenvalue weighted by molar-refractivity contribution is 6.08. The van der Waals surface area contributed by atoms with Gasteiger partial charge in [0.25, 0.3) is 0 Å². The van der Waals surface area contributed by atoms with Gasteiger partial charge in [0.2, 0.25) is 0 Å². The van der Waals surface area contributed by atoms with Crippen molar-refractivity contribution in [1.82, 2.24) is 0 Å². The average molecular weight is 690 g/mol. The predicted octanol–water partition coefficient (Wildman–Crippen LogP) is 14.8. The highest BCUT2D eigenvalue weighted by Gasteiger charge is 2.26. The molecule has 0 amide bonds. The maximum atomic E-state index is 7.21. The summed E-state index contributed by atoms with van der Waals surface area (Å²) >= 11 is 0. The Morgan fingerprint density at radius 3 is 1.44 bits per heavy atom. The molecule has 254 valence electrons. The molecule has 0 aliphatic carbocycles. The number of hydrogen-bond donors (Lipinski definition) is 0. The Morgan fingerprint density at radius 2 is 0.815 bits per heavy atom. The zero-order chi connectivity index (χ0) is 35.8. The third-order valence-corrected chi connectivity index (χ3v) is 10.5.